The zero-order valence-electron chi connectivity index (χ0n) is 18.6. The number of halogens is 3. The highest BCUT2D eigenvalue weighted by Crippen LogP contribution is 2.59. The summed E-state index contributed by atoms with van der Waals surface area (Å²) in [5, 5.41) is 3.04. The molecule has 11 heteroatoms. The molecule has 0 spiro atoms. The number of hydrogen-bond acceptors (Lipinski definition) is 4. The Morgan fingerprint density at radius 1 is 1.06 bits per heavy atom. The monoisotopic (exact) mass is 499 g/mol. The Morgan fingerprint density at radius 2 is 1.65 bits per heavy atom. The number of carbonyl (C=O) groups is 2. The number of carbonyl (C=O) groups excluding carboxylic acids is 2. The average molecular weight is 500 g/mol. The van der Waals surface area contributed by atoms with Crippen molar-refractivity contribution in [2.75, 3.05) is 6.54 Å². The largest absolute Gasteiger partial charge is 0.416 e. The fourth-order valence-corrected chi connectivity index (χ4v) is 8.30. The minimum atomic E-state index is -4.57. The second-order valence-electron chi connectivity index (χ2n) is 10.5. The summed E-state index contributed by atoms with van der Waals surface area (Å²) in [6, 6.07) is 2.89. The minimum absolute atomic E-state index is 0.119. The van der Waals surface area contributed by atoms with Crippen molar-refractivity contribution < 1.29 is 31.2 Å². The first-order valence-electron chi connectivity index (χ1n) is 11.7. The van der Waals surface area contributed by atoms with Crippen molar-refractivity contribution >= 4 is 21.8 Å². The van der Waals surface area contributed by atoms with Gasteiger partial charge in [0, 0.05) is 17.5 Å². The van der Waals surface area contributed by atoms with E-state index in [1.807, 2.05) is 0 Å². The quantitative estimate of drug-likeness (QED) is 0.601. The van der Waals surface area contributed by atoms with Crippen molar-refractivity contribution in [2.45, 2.75) is 68.1 Å². The van der Waals surface area contributed by atoms with Crippen LogP contribution < -0.4 is 11.1 Å². The van der Waals surface area contributed by atoms with Crippen LogP contribution in [0.15, 0.2) is 29.2 Å². The summed E-state index contributed by atoms with van der Waals surface area (Å²) in [6.45, 7) is -0.381. The van der Waals surface area contributed by atoms with Gasteiger partial charge >= 0.3 is 6.18 Å². The van der Waals surface area contributed by atoms with Gasteiger partial charge in [0.25, 0.3) is 0 Å². The molecular weight excluding hydrogens is 471 g/mol. The number of rotatable bonds is 7. The maximum absolute atomic E-state index is 13.2. The molecule has 2 unspecified atom stereocenters. The van der Waals surface area contributed by atoms with Crippen molar-refractivity contribution in [3.63, 3.8) is 0 Å². The predicted molar refractivity (Wildman–Crippen MR) is 115 cm³/mol. The van der Waals surface area contributed by atoms with Crippen molar-refractivity contribution in [2.24, 2.45) is 28.9 Å². The van der Waals surface area contributed by atoms with Crippen LogP contribution in [0, 0.1) is 23.2 Å². The molecule has 1 aromatic rings. The summed E-state index contributed by atoms with van der Waals surface area (Å²) < 4.78 is 66.0. The lowest BCUT2D eigenvalue weighted by molar-refractivity contribution is -0.147. The van der Waals surface area contributed by atoms with E-state index < -0.39 is 33.1 Å². The molecule has 34 heavy (non-hydrogen) atoms. The molecule has 5 aliphatic carbocycles. The molecule has 1 aromatic carbocycles. The van der Waals surface area contributed by atoms with Crippen molar-refractivity contribution in [1.29, 1.82) is 0 Å². The Bertz CT molecular complexity index is 1090. The van der Waals surface area contributed by atoms with Gasteiger partial charge in [-0.15, -0.1) is 0 Å². The molecule has 0 heterocycles. The Labute approximate surface area is 196 Å². The second kappa shape index (κ2) is 7.94. The highest BCUT2D eigenvalue weighted by molar-refractivity contribution is 7.89. The number of amides is 2. The van der Waals surface area contributed by atoms with E-state index in [1.165, 1.54) is 0 Å². The fraction of sp³-hybridized carbons (Fsp3) is 0.652. The van der Waals surface area contributed by atoms with E-state index in [9.17, 15) is 31.2 Å². The molecule has 5 fully saturated rings. The van der Waals surface area contributed by atoms with E-state index in [1.54, 1.807) is 0 Å². The van der Waals surface area contributed by atoms with Crippen LogP contribution in [0.3, 0.4) is 0 Å². The van der Waals surface area contributed by atoms with E-state index in [0.29, 0.717) is 31.6 Å². The van der Waals surface area contributed by atoms with Gasteiger partial charge in [0.1, 0.15) is 0 Å². The molecule has 2 amide bonds. The number of alkyl halides is 3. The summed E-state index contributed by atoms with van der Waals surface area (Å²) >= 11 is 0. The number of primary amides is 1. The van der Waals surface area contributed by atoms with Crippen LogP contribution in [-0.4, -0.2) is 43.2 Å². The maximum Gasteiger partial charge on any atom is 0.416 e. The van der Waals surface area contributed by atoms with Crippen LogP contribution in [0.1, 0.15) is 50.5 Å². The third kappa shape index (κ3) is 4.10. The first kappa shape index (κ1) is 23.6. The lowest BCUT2D eigenvalue weighted by Crippen LogP contribution is -2.62. The fourth-order valence-electron chi connectivity index (χ4n) is 6.66. The lowest BCUT2D eigenvalue weighted by Gasteiger charge is -2.58. The number of nitrogens with two attached hydrogens (primary N) is 1. The molecule has 0 aliphatic heterocycles. The van der Waals surface area contributed by atoms with E-state index >= 15 is 0 Å². The SMILES string of the molecule is NC(=O)C12CC3CC(C1)C(NC(=O)CN(C1CC1)S(=O)(=O)c1ccc(C(F)(F)F)cc1)C(C3)C2. The topological polar surface area (TPSA) is 110 Å². The van der Waals surface area contributed by atoms with Crippen LogP contribution in [0.5, 0.6) is 0 Å². The van der Waals surface area contributed by atoms with Gasteiger partial charge in [-0.2, -0.15) is 17.5 Å². The van der Waals surface area contributed by atoms with Crippen molar-refractivity contribution in [3.05, 3.63) is 29.8 Å². The summed E-state index contributed by atoms with van der Waals surface area (Å²) in [5.41, 5.74) is 4.30. The van der Waals surface area contributed by atoms with Crippen molar-refractivity contribution in [1.82, 2.24) is 9.62 Å². The van der Waals surface area contributed by atoms with Gasteiger partial charge in [0.2, 0.25) is 21.8 Å². The van der Waals surface area contributed by atoms with E-state index in [0.717, 1.165) is 47.8 Å². The first-order valence-corrected chi connectivity index (χ1v) is 13.1. The van der Waals surface area contributed by atoms with Crippen LogP contribution in [0.2, 0.25) is 0 Å². The zero-order chi connectivity index (χ0) is 24.5. The molecule has 0 aromatic heterocycles. The summed E-state index contributed by atoms with van der Waals surface area (Å²) in [4.78, 5) is 24.9. The molecule has 0 saturated heterocycles. The van der Waals surface area contributed by atoms with Gasteiger partial charge in [-0.1, -0.05) is 0 Å². The smallest absolute Gasteiger partial charge is 0.369 e. The van der Waals surface area contributed by atoms with Gasteiger partial charge < -0.3 is 11.1 Å². The average Bonchev–Trinajstić information content (AvgIpc) is 3.58. The summed E-state index contributed by atoms with van der Waals surface area (Å²) in [5.74, 6) is 0.0283. The second-order valence-corrected chi connectivity index (χ2v) is 12.4. The van der Waals surface area contributed by atoms with E-state index in [2.05, 4.69) is 5.32 Å². The van der Waals surface area contributed by atoms with Gasteiger partial charge in [0.15, 0.2) is 0 Å². The summed E-state index contributed by atoms with van der Waals surface area (Å²) in [7, 11) is -4.13. The molecule has 0 radical (unpaired) electrons. The summed E-state index contributed by atoms with van der Waals surface area (Å²) in [6.07, 6.45) is 0.600. The molecule has 7 nitrogen and oxygen atoms in total. The first-order chi connectivity index (χ1) is 15.9. The molecule has 3 N–H and O–H groups in total. The highest BCUT2D eigenvalue weighted by Gasteiger charge is 2.58. The van der Waals surface area contributed by atoms with Gasteiger partial charge in [-0.3, -0.25) is 9.59 Å². The molecule has 2 atom stereocenters. The predicted octanol–water partition coefficient (Wildman–Crippen LogP) is 2.65. The molecule has 6 rings (SSSR count). The van der Waals surface area contributed by atoms with Crippen LogP contribution in [0.4, 0.5) is 13.2 Å². The van der Waals surface area contributed by atoms with Gasteiger partial charge in [-0.25, -0.2) is 8.42 Å². The third-order valence-corrected chi connectivity index (χ3v) is 10.1. The zero-order valence-corrected chi connectivity index (χ0v) is 19.4. The Balaban J connectivity index is 1.29. The van der Waals surface area contributed by atoms with E-state index in [4.69, 9.17) is 5.73 Å². The normalized spacial score (nSPS) is 32.7. The van der Waals surface area contributed by atoms with E-state index in [-0.39, 0.29) is 41.3 Å². The van der Waals surface area contributed by atoms with Crippen LogP contribution >= 0.6 is 0 Å². The molecule has 186 valence electrons. The number of sulfonamides is 1. The number of hydrogen-bond donors (Lipinski definition) is 2. The van der Waals surface area contributed by atoms with Gasteiger partial charge in [-0.05, 0) is 87.0 Å². The number of nitrogens with one attached hydrogen (secondary N) is 1. The highest BCUT2D eigenvalue weighted by atomic mass is 32.2. The maximum atomic E-state index is 13.2. The Morgan fingerprint density at radius 3 is 2.15 bits per heavy atom. The Kier molecular flexibility index (Phi) is 5.51. The number of nitrogens with zero attached hydrogens (tertiary/aromatic N) is 1. The third-order valence-electron chi connectivity index (χ3n) is 8.17. The molecule has 4 bridgehead atoms. The van der Waals surface area contributed by atoms with Crippen molar-refractivity contribution in [3.8, 4) is 0 Å². The van der Waals surface area contributed by atoms with Crippen LogP contribution in [0.25, 0.3) is 0 Å². The van der Waals surface area contributed by atoms with Gasteiger partial charge in [0.05, 0.1) is 17.0 Å². The molecule has 5 aliphatic rings. The standard InChI is InChI=1S/C23H28F3N3O4S/c24-23(25,26)16-1-5-18(6-2-16)34(32,33)29(17-3-4-17)12-19(30)28-20-14-7-13-8-15(20)11-22(9-13,10-14)21(27)31/h1-2,5-6,13-15,17,20H,3-4,7-12H2,(H2,27,31)(H,28,30). The Hall–Kier alpha value is -2.14. The minimum Gasteiger partial charge on any atom is -0.369 e. The molecular formula is C23H28F3N3O4S. The lowest BCUT2D eigenvalue weighted by atomic mass is 9.47. The number of benzene rings is 1. The van der Waals surface area contributed by atoms with Crippen LogP contribution in [-0.2, 0) is 25.8 Å². The molecule has 5 saturated carbocycles.